The Morgan fingerprint density at radius 3 is 2.90 bits per heavy atom. The fourth-order valence-corrected chi connectivity index (χ4v) is 2.61. The molecule has 0 aliphatic heterocycles. The number of rotatable bonds is 5. The Morgan fingerprint density at radius 1 is 1.20 bits per heavy atom. The number of furan rings is 1. The second kappa shape index (κ2) is 5.55. The van der Waals surface area contributed by atoms with Crippen LogP contribution in [0.4, 0.5) is 0 Å². The van der Waals surface area contributed by atoms with Crippen LogP contribution < -0.4 is 5.32 Å². The van der Waals surface area contributed by atoms with Crippen molar-refractivity contribution in [2.45, 2.75) is 26.4 Å². The van der Waals surface area contributed by atoms with E-state index < -0.39 is 0 Å². The average molecular weight is 268 g/mol. The highest BCUT2D eigenvalue weighted by Gasteiger charge is 2.07. The summed E-state index contributed by atoms with van der Waals surface area (Å²) < 4.78 is 7.70. The lowest BCUT2D eigenvalue weighted by Crippen LogP contribution is -2.22. The molecule has 3 heteroatoms. The van der Waals surface area contributed by atoms with Gasteiger partial charge in [0.25, 0.3) is 0 Å². The molecule has 2 aromatic heterocycles. The van der Waals surface area contributed by atoms with E-state index in [4.69, 9.17) is 4.42 Å². The Kier molecular flexibility index (Phi) is 3.61. The van der Waals surface area contributed by atoms with Crippen molar-refractivity contribution in [2.75, 3.05) is 6.54 Å². The van der Waals surface area contributed by atoms with Gasteiger partial charge in [0, 0.05) is 30.2 Å². The summed E-state index contributed by atoms with van der Waals surface area (Å²) in [5.74, 6) is 0.984. The van der Waals surface area contributed by atoms with E-state index in [1.54, 1.807) is 6.26 Å². The summed E-state index contributed by atoms with van der Waals surface area (Å²) in [6.07, 6.45) is 3.88. The van der Waals surface area contributed by atoms with Crippen molar-refractivity contribution in [1.29, 1.82) is 0 Å². The monoisotopic (exact) mass is 268 g/mol. The molecule has 0 bridgehead atoms. The molecule has 0 aliphatic rings. The van der Waals surface area contributed by atoms with Gasteiger partial charge in [0.2, 0.25) is 0 Å². The summed E-state index contributed by atoms with van der Waals surface area (Å²) in [7, 11) is 0. The van der Waals surface area contributed by atoms with Gasteiger partial charge in [-0.25, -0.2) is 0 Å². The van der Waals surface area contributed by atoms with E-state index in [2.05, 4.69) is 54.2 Å². The zero-order valence-corrected chi connectivity index (χ0v) is 12.0. The Labute approximate surface area is 119 Å². The number of hydrogen-bond donors (Lipinski definition) is 1. The van der Waals surface area contributed by atoms with E-state index in [1.165, 1.54) is 16.5 Å². The maximum Gasteiger partial charge on any atom is 0.120 e. The zero-order chi connectivity index (χ0) is 13.9. The molecular formula is C17H20N2O. The van der Waals surface area contributed by atoms with Crippen LogP contribution >= 0.6 is 0 Å². The standard InChI is InChI=1S/C17H20N2O/c1-13-5-3-6-16-15(13)8-10-19(16)11-9-18-14(2)17-7-4-12-20-17/h3-8,10,12,14,18H,9,11H2,1-2H3. The Balaban J connectivity index is 1.64. The van der Waals surface area contributed by atoms with Crippen molar-refractivity contribution >= 4 is 10.9 Å². The van der Waals surface area contributed by atoms with E-state index in [-0.39, 0.29) is 6.04 Å². The van der Waals surface area contributed by atoms with E-state index in [9.17, 15) is 0 Å². The molecule has 2 heterocycles. The number of nitrogens with zero attached hydrogens (tertiary/aromatic N) is 1. The average Bonchev–Trinajstić information content (AvgIpc) is 3.09. The van der Waals surface area contributed by atoms with Crippen LogP contribution in [0.3, 0.4) is 0 Å². The molecule has 20 heavy (non-hydrogen) atoms. The first-order valence-electron chi connectivity index (χ1n) is 7.07. The van der Waals surface area contributed by atoms with Gasteiger partial charge in [-0.3, -0.25) is 0 Å². The Morgan fingerprint density at radius 2 is 2.10 bits per heavy atom. The first-order valence-corrected chi connectivity index (χ1v) is 7.07. The summed E-state index contributed by atoms with van der Waals surface area (Å²) in [6, 6.07) is 12.8. The minimum atomic E-state index is 0.244. The molecule has 1 N–H and O–H groups in total. The van der Waals surface area contributed by atoms with Gasteiger partial charge in [0.15, 0.2) is 0 Å². The second-order valence-corrected chi connectivity index (χ2v) is 5.21. The fraction of sp³-hybridized carbons (Fsp3) is 0.294. The minimum Gasteiger partial charge on any atom is -0.468 e. The quantitative estimate of drug-likeness (QED) is 0.760. The number of benzene rings is 1. The van der Waals surface area contributed by atoms with Gasteiger partial charge in [-0.1, -0.05) is 12.1 Å². The zero-order valence-electron chi connectivity index (χ0n) is 12.0. The molecule has 3 rings (SSSR count). The molecule has 3 nitrogen and oxygen atoms in total. The predicted molar refractivity (Wildman–Crippen MR) is 81.8 cm³/mol. The molecule has 0 amide bonds. The topological polar surface area (TPSA) is 30.1 Å². The molecule has 104 valence electrons. The number of nitrogens with one attached hydrogen (secondary N) is 1. The molecule has 0 fully saturated rings. The van der Waals surface area contributed by atoms with Crippen LogP contribution in [-0.2, 0) is 6.54 Å². The first-order chi connectivity index (χ1) is 9.75. The smallest absolute Gasteiger partial charge is 0.120 e. The molecule has 0 saturated carbocycles. The summed E-state index contributed by atoms with van der Waals surface area (Å²) in [5.41, 5.74) is 2.63. The maximum atomic E-state index is 5.40. The lowest BCUT2D eigenvalue weighted by molar-refractivity contribution is 0.425. The van der Waals surface area contributed by atoms with Crippen molar-refractivity contribution in [3.63, 3.8) is 0 Å². The van der Waals surface area contributed by atoms with Gasteiger partial charge < -0.3 is 14.3 Å². The highest BCUT2D eigenvalue weighted by molar-refractivity contribution is 5.83. The normalized spacial score (nSPS) is 12.9. The fourth-order valence-electron chi connectivity index (χ4n) is 2.61. The third-order valence-electron chi connectivity index (χ3n) is 3.80. The second-order valence-electron chi connectivity index (χ2n) is 5.21. The van der Waals surface area contributed by atoms with Crippen LogP contribution in [0.15, 0.2) is 53.3 Å². The highest BCUT2D eigenvalue weighted by Crippen LogP contribution is 2.19. The molecule has 1 atom stereocenters. The van der Waals surface area contributed by atoms with Gasteiger partial charge in [-0.05, 0) is 43.7 Å². The summed E-state index contributed by atoms with van der Waals surface area (Å²) >= 11 is 0. The third-order valence-corrected chi connectivity index (χ3v) is 3.80. The van der Waals surface area contributed by atoms with Gasteiger partial charge >= 0.3 is 0 Å². The molecule has 1 unspecified atom stereocenters. The first kappa shape index (κ1) is 13.0. The van der Waals surface area contributed by atoms with Gasteiger partial charge in [-0.15, -0.1) is 0 Å². The number of fused-ring (bicyclic) bond motifs is 1. The van der Waals surface area contributed by atoms with Crippen LogP contribution in [-0.4, -0.2) is 11.1 Å². The molecule has 3 aromatic rings. The van der Waals surface area contributed by atoms with Gasteiger partial charge in [0.1, 0.15) is 5.76 Å². The van der Waals surface area contributed by atoms with Crippen LogP contribution in [0.1, 0.15) is 24.3 Å². The van der Waals surface area contributed by atoms with Crippen LogP contribution in [0.25, 0.3) is 10.9 Å². The highest BCUT2D eigenvalue weighted by atomic mass is 16.3. The molecule has 0 saturated heterocycles. The number of aryl methyl sites for hydroxylation is 1. The molecular weight excluding hydrogens is 248 g/mol. The van der Waals surface area contributed by atoms with E-state index in [0.29, 0.717) is 0 Å². The van der Waals surface area contributed by atoms with Crippen molar-refractivity contribution in [1.82, 2.24) is 9.88 Å². The predicted octanol–water partition coefficient (Wildman–Crippen LogP) is 3.89. The van der Waals surface area contributed by atoms with Gasteiger partial charge in [0.05, 0.1) is 12.3 Å². The summed E-state index contributed by atoms with van der Waals surface area (Å²) in [5, 5.41) is 4.83. The van der Waals surface area contributed by atoms with Crippen molar-refractivity contribution in [3.8, 4) is 0 Å². The largest absolute Gasteiger partial charge is 0.468 e. The van der Waals surface area contributed by atoms with Crippen molar-refractivity contribution < 1.29 is 4.42 Å². The van der Waals surface area contributed by atoms with Crippen LogP contribution in [0, 0.1) is 6.92 Å². The summed E-state index contributed by atoms with van der Waals surface area (Å²) in [4.78, 5) is 0. The Hall–Kier alpha value is -2.00. The summed E-state index contributed by atoms with van der Waals surface area (Å²) in [6.45, 7) is 6.15. The minimum absolute atomic E-state index is 0.244. The molecule has 0 spiro atoms. The van der Waals surface area contributed by atoms with Crippen LogP contribution in [0.2, 0.25) is 0 Å². The molecule has 0 radical (unpaired) electrons. The van der Waals surface area contributed by atoms with Crippen molar-refractivity contribution in [3.05, 3.63) is 60.2 Å². The maximum absolute atomic E-state index is 5.40. The third kappa shape index (κ3) is 2.49. The SMILES string of the molecule is Cc1cccc2c1ccn2CCNC(C)c1ccco1. The lowest BCUT2D eigenvalue weighted by Gasteiger charge is -2.12. The van der Waals surface area contributed by atoms with E-state index in [0.717, 1.165) is 18.8 Å². The number of hydrogen-bond acceptors (Lipinski definition) is 2. The molecule has 0 aliphatic carbocycles. The van der Waals surface area contributed by atoms with Crippen molar-refractivity contribution in [2.24, 2.45) is 0 Å². The Bertz CT molecular complexity index is 682. The molecule has 1 aromatic carbocycles. The van der Waals surface area contributed by atoms with Gasteiger partial charge in [-0.2, -0.15) is 0 Å². The van der Waals surface area contributed by atoms with Crippen LogP contribution in [0.5, 0.6) is 0 Å². The lowest BCUT2D eigenvalue weighted by atomic mass is 10.1. The van der Waals surface area contributed by atoms with E-state index >= 15 is 0 Å². The van der Waals surface area contributed by atoms with E-state index in [1.807, 2.05) is 12.1 Å². The number of aromatic nitrogens is 1.